The summed E-state index contributed by atoms with van der Waals surface area (Å²) in [7, 11) is 1.41. The summed E-state index contributed by atoms with van der Waals surface area (Å²) in [4.78, 5) is 37.7. The first-order valence-electron chi connectivity index (χ1n) is 7.95. The van der Waals surface area contributed by atoms with Gasteiger partial charge in [-0.1, -0.05) is 18.2 Å². The van der Waals surface area contributed by atoms with E-state index in [1.54, 1.807) is 30.3 Å². The fourth-order valence-corrected chi connectivity index (χ4v) is 2.67. The normalized spacial score (nSPS) is 12.8. The number of hydrogen-bond acceptors (Lipinski definition) is 6. The maximum atomic E-state index is 12.3. The molecule has 134 valence electrons. The molecule has 0 saturated heterocycles. The van der Waals surface area contributed by atoms with Gasteiger partial charge in [-0.25, -0.2) is 4.79 Å². The van der Waals surface area contributed by atoms with Crippen molar-refractivity contribution >= 4 is 23.9 Å². The maximum absolute atomic E-state index is 12.3. The Kier molecular flexibility index (Phi) is 4.99. The van der Waals surface area contributed by atoms with Gasteiger partial charge in [0.05, 0.1) is 24.3 Å². The van der Waals surface area contributed by atoms with Crippen LogP contribution in [0.15, 0.2) is 48.5 Å². The van der Waals surface area contributed by atoms with Gasteiger partial charge in [-0.3, -0.25) is 14.5 Å². The summed E-state index contributed by atoms with van der Waals surface area (Å²) >= 11 is 0. The van der Waals surface area contributed by atoms with E-state index in [0.717, 1.165) is 4.90 Å². The zero-order valence-electron chi connectivity index (χ0n) is 14.3. The molecular weight excluding hydrogens is 348 g/mol. The van der Waals surface area contributed by atoms with Crippen molar-refractivity contribution in [2.24, 2.45) is 0 Å². The van der Waals surface area contributed by atoms with Gasteiger partial charge in [-0.2, -0.15) is 5.26 Å². The van der Waals surface area contributed by atoms with E-state index in [4.69, 9.17) is 14.7 Å². The minimum absolute atomic E-state index is 0.146. The molecule has 0 N–H and O–H groups in total. The number of methoxy groups -OCH3 is 1. The molecule has 0 fully saturated rings. The Morgan fingerprint density at radius 3 is 2.37 bits per heavy atom. The predicted octanol–water partition coefficient (Wildman–Crippen LogP) is 2.43. The number of carbonyl (C=O) groups is 3. The second-order valence-corrected chi connectivity index (χ2v) is 5.59. The first-order chi connectivity index (χ1) is 13.0. The number of fused-ring (bicyclic) bond motifs is 1. The van der Waals surface area contributed by atoms with Gasteiger partial charge in [-0.15, -0.1) is 0 Å². The summed E-state index contributed by atoms with van der Waals surface area (Å²) in [6.07, 6.45) is 2.88. The SMILES string of the molecule is COc1cc(/C=C\C#N)ccc1OC(=O)CN1C(=O)c2ccccc2C1=O. The van der Waals surface area contributed by atoms with Gasteiger partial charge in [0, 0.05) is 6.08 Å². The fraction of sp³-hybridized carbons (Fsp3) is 0.100. The first kappa shape index (κ1) is 17.9. The molecule has 0 radical (unpaired) electrons. The van der Waals surface area contributed by atoms with E-state index in [1.807, 2.05) is 6.07 Å². The molecule has 0 bridgehead atoms. The summed E-state index contributed by atoms with van der Waals surface area (Å²) in [5, 5.41) is 8.57. The van der Waals surface area contributed by atoms with Gasteiger partial charge in [-0.05, 0) is 35.9 Å². The molecule has 3 rings (SSSR count). The molecule has 0 spiro atoms. The lowest BCUT2D eigenvalue weighted by atomic mass is 10.1. The second-order valence-electron chi connectivity index (χ2n) is 5.59. The molecule has 1 aliphatic heterocycles. The van der Waals surface area contributed by atoms with E-state index in [1.165, 1.54) is 31.4 Å². The molecule has 1 aliphatic rings. The average Bonchev–Trinajstić information content (AvgIpc) is 2.92. The van der Waals surface area contributed by atoms with Crippen LogP contribution in [-0.4, -0.2) is 36.3 Å². The zero-order valence-corrected chi connectivity index (χ0v) is 14.3. The van der Waals surface area contributed by atoms with Crippen LogP contribution in [0.2, 0.25) is 0 Å². The van der Waals surface area contributed by atoms with Crippen molar-refractivity contribution in [1.29, 1.82) is 5.26 Å². The number of esters is 1. The van der Waals surface area contributed by atoms with Crippen LogP contribution >= 0.6 is 0 Å². The topological polar surface area (TPSA) is 96.7 Å². The van der Waals surface area contributed by atoms with E-state index in [-0.39, 0.29) is 22.6 Å². The highest BCUT2D eigenvalue weighted by Gasteiger charge is 2.36. The average molecular weight is 362 g/mol. The Hall–Kier alpha value is -3.92. The molecule has 1 heterocycles. The fourth-order valence-electron chi connectivity index (χ4n) is 2.67. The largest absolute Gasteiger partial charge is 0.493 e. The molecule has 0 unspecified atom stereocenters. The Bertz CT molecular complexity index is 969. The first-order valence-corrected chi connectivity index (χ1v) is 7.95. The Morgan fingerprint density at radius 2 is 1.78 bits per heavy atom. The molecular formula is C20H14N2O5. The third-order valence-corrected chi connectivity index (χ3v) is 3.93. The lowest BCUT2D eigenvalue weighted by Crippen LogP contribution is -2.36. The zero-order chi connectivity index (χ0) is 19.4. The Balaban J connectivity index is 1.74. The van der Waals surface area contributed by atoms with Crippen LogP contribution in [0.1, 0.15) is 26.3 Å². The number of hydrogen-bond donors (Lipinski definition) is 0. The van der Waals surface area contributed by atoms with Gasteiger partial charge in [0.2, 0.25) is 0 Å². The van der Waals surface area contributed by atoms with Crippen molar-refractivity contribution in [3.8, 4) is 17.6 Å². The molecule has 0 aliphatic carbocycles. The van der Waals surface area contributed by atoms with Gasteiger partial charge in [0.15, 0.2) is 11.5 Å². The third kappa shape index (κ3) is 3.55. The number of benzene rings is 2. The highest BCUT2D eigenvalue weighted by molar-refractivity contribution is 6.22. The molecule has 0 saturated carbocycles. The molecule has 2 aromatic rings. The second kappa shape index (κ2) is 7.54. The summed E-state index contributed by atoms with van der Waals surface area (Å²) in [6, 6.07) is 13.0. The number of rotatable bonds is 5. The maximum Gasteiger partial charge on any atom is 0.331 e. The molecule has 7 heteroatoms. The number of nitrogens with zero attached hydrogens (tertiary/aromatic N) is 2. The van der Waals surface area contributed by atoms with Gasteiger partial charge >= 0.3 is 5.97 Å². The van der Waals surface area contributed by atoms with E-state index in [9.17, 15) is 14.4 Å². The molecule has 0 aromatic heterocycles. The lowest BCUT2D eigenvalue weighted by Gasteiger charge is -2.14. The van der Waals surface area contributed by atoms with Crippen LogP contribution in [0, 0.1) is 11.3 Å². The summed E-state index contributed by atoms with van der Waals surface area (Å²) in [5.41, 5.74) is 1.22. The minimum atomic E-state index is -0.775. The number of imide groups is 1. The van der Waals surface area contributed by atoms with Crippen molar-refractivity contribution in [3.63, 3.8) is 0 Å². The van der Waals surface area contributed by atoms with Gasteiger partial charge < -0.3 is 9.47 Å². The molecule has 0 atom stereocenters. The highest BCUT2D eigenvalue weighted by atomic mass is 16.6. The third-order valence-electron chi connectivity index (χ3n) is 3.93. The van der Waals surface area contributed by atoms with Crippen molar-refractivity contribution < 1.29 is 23.9 Å². The standard InChI is InChI=1S/C20H14N2O5/c1-26-17-11-13(5-4-10-21)8-9-16(17)27-18(23)12-22-19(24)14-6-2-3-7-15(14)20(22)25/h2-9,11H,12H2,1H3/b5-4-. The van der Waals surface area contributed by atoms with Crippen LogP contribution in [0.3, 0.4) is 0 Å². The molecule has 7 nitrogen and oxygen atoms in total. The molecule has 2 amide bonds. The van der Waals surface area contributed by atoms with E-state index >= 15 is 0 Å². The summed E-state index contributed by atoms with van der Waals surface area (Å²) < 4.78 is 10.4. The minimum Gasteiger partial charge on any atom is -0.493 e. The summed E-state index contributed by atoms with van der Waals surface area (Å²) in [6.45, 7) is -0.508. The van der Waals surface area contributed by atoms with Crippen LogP contribution in [0.5, 0.6) is 11.5 Å². The van der Waals surface area contributed by atoms with Crippen LogP contribution in [0.25, 0.3) is 6.08 Å². The van der Waals surface area contributed by atoms with Gasteiger partial charge in [0.1, 0.15) is 6.54 Å². The van der Waals surface area contributed by atoms with Crippen molar-refractivity contribution in [3.05, 3.63) is 65.2 Å². The number of carbonyl (C=O) groups excluding carboxylic acids is 3. The highest BCUT2D eigenvalue weighted by Crippen LogP contribution is 2.29. The van der Waals surface area contributed by atoms with Gasteiger partial charge in [0.25, 0.3) is 11.8 Å². The van der Waals surface area contributed by atoms with Crippen molar-refractivity contribution in [2.45, 2.75) is 0 Å². The van der Waals surface area contributed by atoms with Crippen LogP contribution < -0.4 is 9.47 Å². The monoisotopic (exact) mass is 362 g/mol. The molecule has 27 heavy (non-hydrogen) atoms. The van der Waals surface area contributed by atoms with Crippen LogP contribution in [-0.2, 0) is 4.79 Å². The van der Waals surface area contributed by atoms with E-state index in [2.05, 4.69) is 0 Å². The van der Waals surface area contributed by atoms with Crippen molar-refractivity contribution in [1.82, 2.24) is 4.90 Å². The smallest absolute Gasteiger partial charge is 0.331 e. The molecule has 2 aromatic carbocycles. The number of ether oxygens (including phenoxy) is 2. The van der Waals surface area contributed by atoms with Crippen molar-refractivity contribution in [2.75, 3.05) is 13.7 Å². The summed E-state index contributed by atoms with van der Waals surface area (Å²) in [5.74, 6) is -1.41. The number of allylic oxidation sites excluding steroid dienone is 1. The van der Waals surface area contributed by atoms with E-state index < -0.39 is 24.3 Å². The number of nitriles is 1. The van der Waals surface area contributed by atoms with Crippen LogP contribution in [0.4, 0.5) is 0 Å². The quantitative estimate of drug-likeness (QED) is 0.351. The Morgan fingerprint density at radius 1 is 1.11 bits per heavy atom. The van der Waals surface area contributed by atoms with E-state index in [0.29, 0.717) is 5.56 Å². The lowest BCUT2D eigenvalue weighted by molar-refractivity contribution is -0.134. The number of amides is 2. The Labute approximate surface area is 155 Å². The predicted molar refractivity (Wildman–Crippen MR) is 95.1 cm³/mol.